The Labute approximate surface area is 607 Å². The number of ether oxygens (including phenoxy) is 4. The van der Waals surface area contributed by atoms with E-state index in [4.69, 9.17) is 37.0 Å². The Kier molecular flexibility index (Phi) is 69.9. The third kappa shape index (κ3) is 72.1. The second kappa shape index (κ2) is 73.0. The predicted octanol–water partition coefficient (Wildman–Crippen LogP) is 22.6. The van der Waals surface area contributed by atoms with Crippen LogP contribution in [-0.2, 0) is 65.4 Å². The van der Waals surface area contributed by atoms with Gasteiger partial charge in [-0.3, -0.25) is 37.3 Å². The maximum Gasteiger partial charge on any atom is 0.472 e. The second-order valence-corrected chi connectivity index (χ2v) is 28.8. The van der Waals surface area contributed by atoms with Gasteiger partial charge in [-0.25, -0.2) is 9.13 Å². The molecule has 3 N–H and O–H groups in total. The minimum absolute atomic E-state index is 0.0747. The first-order chi connectivity index (χ1) is 48.7. The van der Waals surface area contributed by atoms with Gasteiger partial charge in [0.05, 0.1) is 26.4 Å². The van der Waals surface area contributed by atoms with Crippen molar-refractivity contribution >= 4 is 39.5 Å². The summed E-state index contributed by atoms with van der Waals surface area (Å²) < 4.78 is 68.5. The minimum atomic E-state index is -4.99. The molecule has 17 nitrogen and oxygen atoms in total. The van der Waals surface area contributed by atoms with Crippen molar-refractivity contribution in [2.75, 3.05) is 39.6 Å². The number of rotatable bonds is 73. The molecule has 576 valence electrons. The summed E-state index contributed by atoms with van der Waals surface area (Å²) in [6, 6.07) is 0. The number of unbranched alkanes of at least 4 members (excludes halogenated alkanes) is 29. The lowest BCUT2D eigenvalue weighted by molar-refractivity contribution is -0.161. The van der Waals surface area contributed by atoms with Gasteiger partial charge in [-0.2, -0.15) is 0 Å². The van der Waals surface area contributed by atoms with Gasteiger partial charge in [-0.05, 0) is 128 Å². The molecule has 0 fully saturated rings. The highest BCUT2D eigenvalue weighted by Gasteiger charge is 2.30. The van der Waals surface area contributed by atoms with Crippen LogP contribution in [0.25, 0.3) is 0 Å². The molecule has 0 saturated carbocycles. The van der Waals surface area contributed by atoms with Gasteiger partial charge in [0.25, 0.3) is 0 Å². The van der Waals surface area contributed by atoms with Gasteiger partial charge in [0.15, 0.2) is 12.2 Å². The van der Waals surface area contributed by atoms with E-state index in [0.717, 1.165) is 141 Å². The number of hydrogen-bond acceptors (Lipinski definition) is 15. The summed E-state index contributed by atoms with van der Waals surface area (Å²) in [7, 11) is -9.97. The lowest BCUT2D eigenvalue weighted by Crippen LogP contribution is -2.30. The quantitative estimate of drug-likeness (QED) is 0.0169. The number of allylic oxidation sites excluding steroid dienone is 18. The molecule has 5 atom stereocenters. The molecule has 19 heteroatoms. The standard InChI is InChI=1S/C81H140O17P2/c1-5-9-13-17-21-25-29-33-37-41-45-49-53-57-61-65-78(83)91-71-76(97-80(85)67-63-59-55-51-47-43-39-35-31-27-23-19-15-11-7-3)73-95-99(87,88)93-69-75(82)70-94-100(89,90)96-74-77(98-81(86)68-64-60-56-52-48-44-40-36-32-28-24-20-16-12-8-4)72-92-79(84)66-62-58-54-50-46-42-38-34-30-26-22-18-14-10-6-2/h9-10,13-14,21-22,25-26,33-35,37-39,45-46,49-50,75-77,82H,5-8,11-12,15-20,23-24,27-32,36,40-44,47-48,51-74H2,1-4H3,(H,87,88)(H,89,90)/b13-9-,14-10-,25-21-,26-22-,37-33-,38-34-,39-35-,49-45-,50-46-. The number of phosphoric ester groups is 2. The number of esters is 4. The van der Waals surface area contributed by atoms with Crippen molar-refractivity contribution < 1.29 is 80.2 Å². The number of hydrogen-bond donors (Lipinski definition) is 3. The number of aliphatic hydroxyl groups is 1. The topological polar surface area (TPSA) is 237 Å². The monoisotopic (exact) mass is 1450 g/mol. The summed E-state index contributed by atoms with van der Waals surface area (Å²) >= 11 is 0. The zero-order valence-corrected chi connectivity index (χ0v) is 64.6. The molecule has 100 heavy (non-hydrogen) atoms. The largest absolute Gasteiger partial charge is 0.472 e. The molecule has 0 spiro atoms. The molecule has 0 aliphatic rings. The Morgan fingerprint density at radius 1 is 0.290 bits per heavy atom. The van der Waals surface area contributed by atoms with Gasteiger partial charge in [-0.15, -0.1) is 0 Å². The lowest BCUT2D eigenvalue weighted by atomic mass is 10.0. The van der Waals surface area contributed by atoms with Crippen LogP contribution in [0.5, 0.6) is 0 Å². The maximum atomic E-state index is 13.1. The molecule has 0 amide bonds. The SMILES string of the molecule is CC/C=C\C/C=C\C/C=C\C/C=C\CCCCC(=O)OCC(COP(=O)(O)OCC(O)COP(=O)(O)OCC(COC(=O)CCCC/C=C\C/C=C\C/C=C\C/C=C\CC)OC(=O)CCCCCCCCCCCCCCCCC)OC(=O)CCCCCCC/C=C\CCCCCCCC. The molecule has 0 heterocycles. The average molecular weight is 1450 g/mol. The molecule has 0 aliphatic carbocycles. The third-order valence-corrected chi connectivity index (χ3v) is 18.1. The van der Waals surface area contributed by atoms with E-state index in [1.54, 1.807) is 0 Å². The summed E-state index contributed by atoms with van der Waals surface area (Å²) in [5, 5.41) is 10.6. The molecule has 0 radical (unpaired) electrons. The molecule has 0 aromatic rings. The fourth-order valence-corrected chi connectivity index (χ4v) is 11.9. The van der Waals surface area contributed by atoms with Crippen LogP contribution >= 0.6 is 15.6 Å². The first-order valence-corrected chi connectivity index (χ1v) is 42.1. The van der Waals surface area contributed by atoms with Crippen molar-refractivity contribution in [1.82, 2.24) is 0 Å². The Hall–Kier alpha value is -4.28. The van der Waals surface area contributed by atoms with E-state index in [-0.39, 0.29) is 25.7 Å². The smallest absolute Gasteiger partial charge is 0.462 e. The first kappa shape index (κ1) is 95.7. The number of carbonyl (C=O) groups excluding carboxylic acids is 4. The number of aliphatic hydroxyl groups excluding tert-OH is 1. The van der Waals surface area contributed by atoms with E-state index in [0.29, 0.717) is 25.7 Å². The van der Waals surface area contributed by atoms with Crippen LogP contribution in [0.1, 0.15) is 323 Å². The molecular weight excluding hydrogens is 1310 g/mol. The third-order valence-electron chi connectivity index (χ3n) is 16.2. The van der Waals surface area contributed by atoms with Crippen molar-refractivity contribution in [1.29, 1.82) is 0 Å². The summed E-state index contributed by atoms with van der Waals surface area (Å²) in [6.45, 7) is 4.57. The van der Waals surface area contributed by atoms with Gasteiger partial charge in [-0.1, -0.05) is 278 Å². The summed E-state index contributed by atoms with van der Waals surface area (Å²) in [5.74, 6) is -2.27. The maximum absolute atomic E-state index is 13.1. The Bertz CT molecular complexity index is 2320. The summed E-state index contributed by atoms with van der Waals surface area (Å²) in [4.78, 5) is 72.9. The fraction of sp³-hybridized carbons (Fsp3) is 0.728. The Morgan fingerprint density at radius 3 is 0.830 bits per heavy atom. The first-order valence-electron chi connectivity index (χ1n) is 39.1. The van der Waals surface area contributed by atoms with Crippen LogP contribution in [0.3, 0.4) is 0 Å². The van der Waals surface area contributed by atoms with E-state index < -0.39 is 97.5 Å². The van der Waals surface area contributed by atoms with Crippen molar-refractivity contribution in [2.45, 2.75) is 341 Å². The summed E-state index contributed by atoms with van der Waals surface area (Å²) in [5.41, 5.74) is 0. The zero-order chi connectivity index (χ0) is 73.2. The number of phosphoric acid groups is 2. The van der Waals surface area contributed by atoms with Crippen LogP contribution in [0.15, 0.2) is 109 Å². The highest BCUT2D eigenvalue weighted by atomic mass is 31.2. The van der Waals surface area contributed by atoms with E-state index in [9.17, 15) is 43.2 Å². The van der Waals surface area contributed by atoms with Crippen molar-refractivity contribution in [2.24, 2.45) is 0 Å². The second-order valence-electron chi connectivity index (χ2n) is 25.9. The molecule has 0 saturated heterocycles. The van der Waals surface area contributed by atoms with Crippen LogP contribution in [0.2, 0.25) is 0 Å². The molecule has 0 aromatic heterocycles. The van der Waals surface area contributed by atoms with E-state index >= 15 is 0 Å². The van der Waals surface area contributed by atoms with Gasteiger partial charge < -0.3 is 33.8 Å². The van der Waals surface area contributed by atoms with Crippen molar-refractivity contribution in [3.8, 4) is 0 Å². The van der Waals surface area contributed by atoms with E-state index in [1.165, 1.54) is 103 Å². The van der Waals surface area contributed by atoms with E-state index in [2.05, 4.69) is 137 Å². The zero-order valence-electron chi connectivity index (χ0n) is 62.8. The summed E-state index contributed by atoms with van der Waals surface area (Å²) in [6.07, 6.45) is 77.9. The molecule has 0 aromatic carbocycles. The highest BCUT2D eigenvalue weighted by molar-refractivity contribution is 7.47. The Morgan fingerprint density at radius 2 is 0.520 bits per heavy atom. The molecule has 0 aliphatic heterocycles. The highest BCUT2D eigenvalue weighted by Crippen LogP contribution is 2.45. The molecular formula is C81H140O17P2. The van der Waals surface area contributed by atoms with Crippen LogP contribution in [0, 0.1) is 0 Å². The number of carbonyl (C=O) groups is 4. The average Bonchev–Trinajstić information content (AvgIpc) is 1.01. The van der Waals surface area contributed by atoms with E-state index in [1.807, 2.05) is 0 Å². The minimum Gasteiger partial charge on any atom is -0.462 e. The predicted molar refractivity (Wildman–Crippen MR) is 408 cm³/mol. The van der Waals surface area contributed by atoms with Crippen molar-refractivity contribution in [3.63, 3.8) is 0 Å². The van der Waals surface area contributed by atoms with Gasteiger partial charge in [0.2, 0.25) is 0 Å². The van der Waals surface area contributed by atoms with Crippen LogP contribution in [-0.4, -0.2) is 96.7 Å². The fourth-order valence-electron chi connectivity index (χ4n) is 10.3. The van der Waals surface area contributed by atoms with Gasteiger partial charge in [0.1, 0.15) is 19.3 Å². The Balaban J connectivity index is 5.42. The molecule has 5 unspecified atom stereocenters. The van der Waals surface area contributed by atoms with Crippen molar-refractivity contribution in [3.05, 3.63) is 109 Å². The van der Waals surface area contributed by atoms with Crippen LogP contribution in [0.4, 0.5) is 0 Å². The lowest BCUT2D eigenvalue weighted by Gasteiger charge is -2.21. The molecule has 0 rings (SSSR count). The molecule has 0 bridgehead atoms. The normalized spacial score (nSPS) is 14.5. The van der Waals surface area contributed by atoms with Crippen LogP contribution < -0.4 is 0 Å². The van der Waals surface area contributed by atoms with Gasteiger partial charge >= 0.3 is 39.5 Å². The van der Waals surface area contributed by atoms with Gasteiger partial charge in [0, 0.05) is 25.7 Å².